The van der Waals surface area contributed by atoms with Crippen molar-refractivity contribution in [1.29, 1.82) is 0 Å². The summed E-state index contributed by atoms with van der Waals surface area (Å²) in [5, 5.41) is 35.6. The molecule has 2 unspecified atom stereocenters. The third kappa shape index (κ3) is 1.68. The average molecular weight is 349 g/mol. The molecule has 0 fully saturated rings. The van der Waals surface area contributed by atoms with Gasteiger partial charge in [-0.2, -0.15) is 0 Å². The monoisotopic (exact) mass is 349 g/mol. The highest BCUT2D eigenvalue weighted by molar-refractivity contribution is 6.17. The van der Waals surface area contributed by atoms with E-state index in [1.54, 1.807) is 6.20 Å². The second kappa shape index (κ2) is 4.94. The molecule has 0 radical (unpaired) electrons. The number of phenolic OH excluding ortho intramolecular Hbond substituents is 1. The number of aliphatic hydroxyl groups excluding tert-OH is 2. The van der Waals surface area contributed by atoms with Gasteiger partial charge in [0.2, 0.25) is 0 Å². The van der Waals surface area contributed by atoms with E-state index in [0.29, 0.717) is 11.1 Å². The number of anilines is 2. The standard InChI is InChI=1S/C19H15N3O4/c1-22-18(25)13-12(17(24)19(22)26)14-11-9(6-7-20-15(11)16(13)23)8-4-2-3-5-10(8)21-14/h2-7,17,19,21,23-24,26H,1H3. The summed E-state index contributed by atoms with van der Waals surface area (Å²) in [4.78, 5) is 18.0. The predicted octanol–water partition coefficient (Wildman–Crippen LogP) is 2.10. The van der Waals surface area contributed by atoms with Crippen molar-refractivity contribution in [3.05, 3.63) is 47.7 Å². The van der Waals surface area contributed by atoms with Gasteiger partial charge in [-0.05, 0) is 17.7 Å². The molecule has 3 aromatic rings. The van der Waals surface area contributed by atoms with Crippen LogP contribution < -0.4 is 5.32 Å². The summed E-state index contributed by atoms with van der Waals surface area (Å²) < 4.78 is 0. The molecule has 3 heterocycles. The van der Waals surface area contributed by atoms with Gasteiger partial charge in [-0.1, -0.05) is 18.2 Å². The average Bonchev–Trinajstić information content (AvgIpc) is 2.67. The molecule has 2 aliphatic rings. The van der Waals surface area contributed by atoms with E-state index in [0.717, 1.165) is 21.7 Å². The zero-order valence-corrected chi connectivity index (χ0v) is 13.8. The number of nitrogens with one attached hydrogen (secondary N) is 1. The van der Waals surface area contributed by atoms with Crippen molar-refractivity contribution in [3.8, 4) is 16.9 Å². The van der Waals surface area contributed by atoms with E-state index in [4.69, 9.17) is 0 Å². The molecule has 1 amide bonds. The SMILES string of the molecule is CN1C(=O)c2c(c3c4c(ccnc4c2O)-c2ccccc2N3)C(O)C1O. The summed E-state index contributed by atoms with van der Waals surface area (Å²) in [5.41, 5.74) is 3.50. The number of hydrogen-bond donors (Lipinski definition) is 4. The van der Waals surface area contributed by atoms with E-state index in [-0.39, 0.29) is 22.4 Å². The Morgan fingerprint density at radius 3 is 2.73 bits per heavy atom. The first-order valence-corrected chi connectivity index (χ1v) is 8.18. The van der Waals surface area contributed by atoms with Crippen molar-refractivity contribution < 1.29 is 20.1 Å². The number of pyridine rings is 1. The molecular formula is C19H15N3O4. The molecular weight excluding hydrogens is 334 g/mol. The van der Waals surface area contributed by atoms with Crippen molar-refractivity contribution >= 4 is 28.2 Å². The van der Waals surface area contributed by atoms with E-state index in [2.05, 4.69) is 10.3 Å². The number of rotatable bonds is 0. The number of nitrogens with zero attached hydrogens (tertiary/aromatic N) is 2. The fraction of sp³-hybridized carbons (Fsp3) is 0.158. The van der Waals surface area contributed by atoms with Gasteiger partial charge in [-0.25, -0.2) is 0 Å². The van der Waals surface area contributed by atoms with Crippen LogP contribution in [0.4, 0.5) is 11.4 Å². The van der Waals surface area contributed by atoms with Crippen LogP contribution in [0.2, 0.25) is 0 Å². The Balaban J connectivity index is 1.98. The van der Waals surface area contributed by atoms with Crippen LogP contribution in [0.15, 0.2) is 36.5 Å². The number of amides is 1. The Bertz CT molecular complexity index is 1110. The van der Waals surface area contributed by atoms with Crippen molar-refractivity contribution in [3.63, 3.8) is 0 Å². The molecule has 0 bridgehead atoms. The number of fused-ring (bicyclic) bond motifs is 4. The lowest BCUT2D eigenvalue weighted by Crippen LogP contribution is -2.46. The van der Waals surface area contributed by atoms with Crippen LogP contribution in [0.5, 0.6) is 5.75 Å². The predicted molar refractivity (Wildman–Crippen MR) is 95.2 cm³/mol. The summed E-state index contributed by atoms with van der Waals surface area (Å²) >= 11 is 0. The Morgan fingerprint density at radius 1 is 1.15 bits per heavy atom. The van der Waals surface area contributed by atoms with Crippen molar-refractivity contribution in [2.45, 2.75) is 12.3 Å². The van der Waals surface area contributed by atoms with Gasteiger partial charge in [0, 0.05) is 35.4 Å². The minimum absolute atomic E-state index is 0.0377. The largest absolute Gasteiger partial charge is 0.505 e. The Morgan fingerprint density at radius 2 is 1.92 bits per heavy atom. The van der Waals surface area contributed by atoms with E-state index in [1.165, 1.54) is 7.05 Å². The van der Waals surface area contributed by atoms with Gasteiger partial charge in [-0.3, -0.25) is 9.78 Å². The van der Waals surface area contributed by atoms with Gasteiger partial charge in [0.15, 0.2) is 12.0 Å². The number of carbonyl (C=O) groups excluding carboxylic acids is 1. The Hall–Kier alpha value is -3.16. The highest BCUT2D eigenvalue weighted by atomic mass is 16.3. The molecule has 2 atom stereocenters. The van der Waals surface area contributed by atoms with Crippen LogP contribution in [0.1, 0.15) is 22.0 Å². The third-order valence-electron chi connectivity index (χ3n) is 5.19. The zero-order valence-electron chi connectivity index (χ0n) is 13.8. The lowest BCUT2D eigenvalue weighted by Gasteiger charge is -2.37. The Labute approximate surface area is 148 Å². The molecule has 7 heteroatoms. The van der Waals surface area contributed by atoms with Crippen LogP contribution in [-0.2, 0) is 0 Å². The summed E-state index contributed by atoms with van der Waals surface area (Å²) in [6, 6.07) is 9.46. The maximum atomic E-state index is 12.7. The number of carbonyl (C=O) groups is 1. The maximum Gasteiger partial charge on any atom is 0.260 e. The second-order valence-corrected chi connectivity index (χ2v) is 6.54. The van der Waals surface area contributed by atoms with Crippen LogP contribution in [0, 0.1) is 0 Å². The lowest BCUT2D eigenvalue weighted by molar-refractivity contribution is -0.0671. The molecule has 0 saturated carbocycles. The van der Waals surface area contributed by atoms with Gasteiger partial charge in [-0.15, -0.1) is 0 Å². The molecule has 2 aliphatic heterocycles. The second-order valence-electron chi connectivity index (χ2n) is 6.54. The number of likely N-dealkylation sites (N-methyl/N-ethyl adjacent to an activating group) is 1. The van der Waals surface area contributed by atoms with E-state index < -0.39 is 18.2 Å². The molecule has 2 aromatic carbocycles. The van der Waals surface area contributed by atoms with E-state index in [9.17, 15) is 20.1 Å². The first kappa shape index (κ1) is 15.1. The van der Waals surface area contributed by atoms with Crippen LogP contribution >= 0.6 is 0 Å². The number of para-hydroxylation sites is 1. The van der Waals surface area contributed by atoms with Crippen LogP contribution in [0.3, 0.4) is 0 Å². The number of aromatic nitrogens is 1. The number of hydrogen-bond acceptors (Lipinski definition) is 6. The van der Waals surface area contributed by atoms with Crippen molar-refractivity contribution in [2.24, 2.45) is 0 Å². The molecule has 0 aliphatic carbocycles. The molecule has 130 valence electrons. The lowest BCUT2D eigenvalue weighted by atomic mass is 9.85. The molecule has 0 saturated heterocycles. The number of aromatic hydroxyl groups is 1. The zero-order chi connectivity index (χ0) is 18.2. The van der Waals surface area contributed by atoms with Gasteiger partial charge in [0.1, 0.15) is 11.6 Å². The highest BCUT2D eigenvalue weighted by Crippen LogP contribution is 2.51. The highest BCUT2D eigenvalue weighted by Gasteiger charge is 2.42. The molecule has 0 spiro atoms. The first-order chi connectivity index (χ1) is 12.5. The summed E-state index contributed by atoms with van der Waals surface area (Å²) in [5.74, 6) is -0.856. The fourth-order valence-corrected chi connectivity index (χ4v) is 3.89. The molecule has 26 heavy (non-hydrogen) atoms. The van der Waals surface area contributed by atoms with E-state index in [1.807, 2.05) is 30.3 Å². The molecule has 5 rings (SSSR count). The summed E-state index contributed by atoms with van der Waals surface area (Å²) in [6.07, 6.45) is -1.18. The van der Waals surface area contributed by atoms with E-state index >= 15 is 0 Å². The fourth-order valence-electron chi connectivity index (χ4n) is 3.89. The third-order valence-corrected chi connectivity index (χ3v) is 5.19. The van der Waals surface area contributed by atoms with Crippen LogP contribution in [0.25, 0.3) is 22.0 Å². The number of benzene rings is 2. The smallest absolute Gasteiger partial charge is 0.260 e. The van der Waals surface area contributed by atoms with Gasteiger partial charge >= 0.3 is 0 Å². The maximum absolute atomic E-state index is 12.7. The van der Waals surface area contributed by atoms with Gasteiger partial charge in [0.25, 0.3) is 5.91 Å². The van der Waals surface area contributed by atoms with Gasteiger partial charge < -0.3 is 25.5 Å². The van der Waals surface area contributed by atoms with Crippen molar-refractivity contribution in [1.82, 2.24) is 9.88 Å². The number of aliphatic hydroxyl groups is 2. The molecule has 4 N–H and O–H groups in total. The first-order valence-electron chi connectivity index (χ1n) is 8.18. The minimum Gasteiger partial charge on any atom is -0.505 e. The molecule has 1 aromatic heterocycles. The summed E-state index contributed by atoms with van der Waals surface area (Å²) in [7, 11) is 1.38. The number of phenols is 1. The quantitative estimate of drug-likeness (QED) is 0.362. The van der Waals surface area contributed by atoms with Gasteiger partial charge in [0.05, 0.1) is 11.3 Å². The minimum atomic E-state index is -1.40. The normalized spacial score (nSPS) is 20.6. The van der Waals surface area contributed by atoms with Crippen molar-refractivity contribution in [2.75, 3.05) is 12.4 Å². The topological polar surface area (TPSA) is 106 Å². The molecule has 7 nitrogen and oxygen atoms in total. The summed E-state index contributed by atoms with van der Waals surface area (Å²) in [6.45, 7) is 0. The Kier molecular flexibility index (Phi) is 2.87. The van der Waals surface area contributed by atoms with Crippen LogP contribution in [-0.4, -0.2) is 44.4 Å².